The van der Waals surface area contributed by atoms with Gasteiger partial charge in [-0.05, 0) is 25.3 Å². The largest absolute Gasteiger partial charge is 0.392 e. The minimum atomic E-state index is 0.168. The molecule has 1 nitrogen and oxygen atoms in total. The summed E-state index contributed by atoms with van der Waals surface area (Å²) in [5.74, 6) is 0.440. The molecule has 0 aromatic heterocycles. The lowest BCUT2D eigenvalue weighted by atomic mass is 10.0. The fourth-order valence-corrected chi connectivity index (χ4v) is 0.701. The van der Waals surface area contributed by atoms with Crippen LogP contribution in [0.25, 0.3) is 0 Å². The first-order chi connectivity index (χ1) is 5.07. The molecule has 0 saturated heterocycles. The number of aliphatic hydroxyl groups excluding tert-OH is 1. The second-order valence-electron chi connectivity index (χ2n) is 3.30. The van der Waals surface area contributed by atoms with Gasteiger partial charge in [0, 0.05) is 0 Å². The second kappa shape index (κ2) is 5.14. The maximum Gasteiger partial charge on any atom is 0.0647 e. The van der Waals surface area contributed by atoms with E-state index in [0.29, 0.717) is 5.92 Å². The zero-order chi connectivity index (χ0) is 8.85. The summed E-state index contributed by atoms with van der Waals surface area (Å²) in [7, 11) is 0. The molecule has 0 radical (unpaired) electrons. The molecule has 0 spiro atoms. The van der Waals surface area contributed by atoms with Gasteiger partial charge in [0.25, 0.3) is 0 Å². The third-order valence-electron chi connectivity index (χ3n) is 1.55. The Kier molecular flexibility index (Phi) is 4.88. The van der Waals surface area contributed by atoms with Crippen molar-refractivity contribution in [1.29, 1.82) is 0 Å². The topological polar surface area (TPSA) is 20.2 Å². The van der Waals surface area contributed by atoms with Crippen molar-refractivity contribution in [1.82, 2.24) is 0 Å². The molecular weight excluding hydrogens is 136 g/mol. The average molecular weight is 154 g/mol. The van der Waals surface area contributed by atoms with E-state index in [1.165, 1.54) is 5.57 Å². The quantitative estimate of drug-likeness (QED) is 0.619. The summed E-state index contributed by atoms with van der Waals surface area (Å²) in [6.07, 6.45) is 4.03. The van der Waals surface area contributed by atoms with E-state index in [4.69, 9.17) is 5.11 Å². The molecule has 64 valence electrons. The second-order valence-corrected chi connectivity index (χ2v) is 3.30. The van der Waals surface area contributed by atoms with E-state index < -0.39 is 0 Å². The van der Waals surface area contributed by atoms with Crippen molar-refractivity contribution < 1.29 is 5.11 Å². The summed E-state index contributed by atoms with van der Waals surface area (Å²) in [6.45, 7) is 8.43. The first-order valence-corrected chi connectivity index (χ1v) is 4.02. The summed E-state index contributed by atoms with van der Waals surface area (Å²) in [4.78, 5) is 0. The van der Waals surface area contributed by atoms with Gasteiger partial charge in [0.05, 0.1) is 6.61 Å². The van der Waals surface area contributed by atoms with Gasteiger partial charge in [-0.2, -0.15) is 0 Å². The van der Waals surface area contributed by atoms with Crippen LogP contribution in [0.5, 0.6) is 0 Å². The summed E-state index contributed by atoms with van der Waals surface area (Å²) in [5.41, 5.74) is 2.35. The first kappa shape index (κ1) is 10.4. The van der Waals surface area contributed by atoms with Gasteiger partial charge in [-0.25, -0.2) is 0 Å². The van der Waals surface area contributed by atoms with Crippen LogP contribution in [0, 0.1) is 5.92 Å². The van der Waals surface area contributed by atoms with Crippen LogP contribution in [0.1, 0.15) is 27.7 Å². The monoisotopic (exact) mass is 154 g/mol. The normalized spacial score (nSPS) is 12.0. The van der Waals surface area contributed by atoms with E-state index in [2.05, 4.69) is 13.8 Å². The molecule has 0 aliphatic carbocycles. The molecule has 0 amide bonds. The third kappa shape index (κ3) is 4.79. The van der Waals surface area contributed by atoms with Crippen molar-refractivity contribution in [2.24, 2.45) is 5.92 Å². The Labute approximate surface area is 69.4 Å². The highest BCUT2D eigenvalue weighted by atomic mass is 16.3. The maximum absolute atomic E-state index is 8.91. The van der Waals surface area contributed by atoms with Crippen LogP contribution in [0.4, 0.5) is 0 Å². The third-order valence-corrected chi connectivity index (χ3v) is 1.55. The van der Waals surface area contributed by atoms with Crippen LogP contribution < -0.4 is 0 Å². The SMILES string of the molecule is CC(C)=CC=C(CO)C(C)C. The van der Waals surface area contributed by atoms with E-state index in [0.717, 1.165) is 5.57 Å². The smallest absolute Gasteiger partial charge is 0.0647 e. The summed E-state index contributed by atoms with van der Waals surface area (Å²) >= 11 is 0. The van der Waals surface area contributed by atoms with Crippen molar-refractivity contribution in [2.75, 3.05) is 6.61 Å². The molecule has 0 aliphatic heterocycles. The van der Waals surface area contributed by atoms with Crippen molar-refractivity contribution in [2.45, 2.75) is 27.7 Å². The zero-order valence-electron chi connectivity index (χ0n) is 7.89. The lowest BCUT2D eigenvalue weighted by Gasteiger charge is -2.05. The Morgan fingerprint density at radius 2 is 1.82 bits per heavy atom. The Bertz CT molecular complexity index is 160. The molecule has 0 aliphatic rings. The Morgan fingerprint density at radius 3 is 2.09 bits per heavy atom. The van der Waals surface area contributed by atoms with Gasteiger partial charge in [-0.15, -0.1) is 0 Å². The molecule has 0 aromatic carbocycles. The highest BCUT2D eigenvalue weighted by molar-refractivity contribution is 5.17. The molecule has 0 fully saturated rings. The van der Waals surface area contributed by atoms with Crippen molar-refractivity contribution in [3.8, 4) is 0 Å². The van der Waals surface area contributed by atoms with Crippen molar-refractivity contribution in [3.05, 3.63) is 23.3 Å². The lowest BCUT2D eigenvalue weighted by molar-refractivity contribution is 0.318. The highest BCUT2D eigenvalue weighted by Gasteiger charge is 1.98. The van der Waals surface area contributed by atoms with Crippen LogP contribution in [-0.2, 0) is 0 Å². The predicted octanol–water partition coefficient (Wildman–Crippen LogP) is 2.53. The molecule has 1 heteroatoms. The van der Waals surface area contributed by atoms with Crippen LogP contribution in [-0.4, -0.2) is 11.7 Å². The fraction of sp³-hybridized carbons (Fsp3) is 0.600. The molecule has 0 heterocycles. The van der Waals surface area contributed by atoms with Crippen LogP contribution in [0.3, 0.4) is 0 Å². The molecule has 0 rings (SSSR count). The van der Waals surface area contributed by atoms with Crippen molar-refractivity contribution >= 4 is 0 Å². The van der Waals surface area contributed by atoms with Gasteiger partial charge in [0.1, 0.15) is 0 Å². The number of hydrogen-bond acceptors (Lipinski definition) is 1. The molecule has 0 bridgehead atoms. The average Bonchev–Trinajstić information content (AvgIpc) is 1.87. The van der Waals surface area contributed by atoms with Gasteiger partial charge >= 0.3 is 0 Å². The van der Waals surface area contributed by atoms with E-state index in [1.807, 2.05) is 26.0 Å². The van der Waals surface area contributed by atoms with Crippen LogP contribution >= 0.6 is 0 Å². The Morgan fingerprint density at radius 1 is 1.27 bits per heavy atom. The van der Waals surface area contributed by atoms with Crippen LogP contribution in [0.15, 0.2) is 23.3 Å². The Hall–Kier alpha value is -0.560. The summed E-state index contributed by atoms with van der Waals surface area (Å²) in [5, 5.41) is 8.91. The van der Waals surface area contributed by atoms with Gasteiger partial charge in [-0.3, -0.25) is 0 Å². The van der Waals surface area contributed by atoms with Crippen LogP contribution in [0.2, 0.25) is 0 Å². The molecule has 1 N–H and O–H groups in total. The number of hydrogen-bond donors (Lipinski definition) is 1. The van der Waals surface area contributed by atoms with E-state index in [1.54, 1.807) is 0 Å². The van der Waals surface area contributed by atoms with Gasteiger partial charge in [0.15, 0.2) is 0 Å². The van der Waals surface area contributed by atoms with Gasteiger partial charge in [0.2, 0.25) is 0 Å². The fourth-order valence-electron chi connectivity index (χ4n) is 0.701. The number of allylic oxidation sites excluding steroid dienone is 3. The molecule has 11 heavy (non-hydrogen) atoms. The lowest BCUT2D eigenvalue weighted by Crippen LogP contribution is -1.98. The maximum atomic E-state index is 8.91. The summed E-state index contributed by atoms with van der Waals surface area (Å²) in [6, 6.07) is 0. The van der Waals surface area contributed by atoms with Gasteiger partial charge in [-0.1, -0.05) is 31.6 Å². The predicted molar refractivity (Wildman–Crippen MR) is 49.4 cm³/mol. The van der Waals surface area contributed by atoms with E-state index in [-0.39, 0.29) is 6.61 Å². The molecular formula is C10H18O. The highest BCUT2D eigenvalue weighted by Crippen LogP contribution is 2.08. The Balaban J connectivity index is 4.24. The molecule has 0 unspecified atom stereocenters. The first-order valence-electron chi connectivity index (χ1n) is 4.02. The minimum Gasteiger partial charge on any atom is -0.392 e. The van der Waals surface area contributed by atoms with Crippen molar-refractivity contribution in [3.63, 3.8) is 0 Å². The van der Waals surface area contributed by atoms with E-state index >= 15 is 0 Å². The van der Waals surface area contributed by atoms with E-state index in [9.17, 15) is 0 Å². The number of aliphatic hydroxyl groups is 1. The minimum absolute atomic E-state index is 0.168. The molecule has 0 atom stereocenters. The zero-order valence-corrected chi connectivity index (χ0v) is 7.89. The standard InChI is InChI=1S/C10H18O/c1-8(2)5-6-10(7-11)9(3)4/h5-6,9,11H,7H2,1-4H3. The summed E-state index contributed by atoms with van der Waals surface area (Å²) < 4.78 is 0. The molecule has 0 saturated carbocycles. The number of rotatable bonds is 3. The molecule has 0 aromatic rings. The van der Waals surface area contributed by atoms with Gasteiger partial charge < -0.3 is 5.11 Å².